The molecule has 7 heteroatoms. The summed E-state index contributed by atoms with van der Waals surface area (Å²) in [6.07, 6.45) is -3.28. The predicted octanol–water partition coefficient (Wildman–Crippen LogP) is 1.66. The van der Waals surface area contributed by atoms with Crippen molar-refractivity contribution < 1.29 is 18.3 Å². The van der Waals surface area contributed by atoms with E-state index in [-0.39, 0.29) is 17.6 Å². The van der Waals surface area contributed by atoms with Crippen molar-refractivity contribution in [2.75, 3.05) is 6.61 Å². The molecule has 0 fully saturated rings. The standard InChI is InChI=1S/C6H6BrF3N2O/c7-4-3-12(1-2-13)11-5(4)6(8,9)10/h3,13H,1-2H2. The van der Waals surface area contributed by atoms with Crippen LogP contribution in [-0.2, 0) is 12.7 Å². The topological polar surface area (TPSA) is 38.0 Å². The Morgan fingerprint density at radius 1 is 1.54 bits per heavy atom. The molecule has 0 amide bonds. The maximum Gasteiger partial charge on any atom is 0.436 e. The van der Waals surface area contributed by atoms with Crippen LogP contribution in [0.25, 0.3) is 0 Å². The van der Waals surface area contributed by atoms with Gasteiger partial charge in [0.25, 0.3) is 0 Å². The van der Waals surface area contributed by atoms with Gasteiger partial charge in [0, 0.05) is 6.20 Å². The first kappa shape index (κ1) is 10.5. The third kappa shape index (κ3) is 2.44. The molecule has 74 valence electrons. The molecule has 3 nitrogen and oxygen atoms in total. The number of aliphatic hydroxyl groups excluding tert-OH is 1. The monoisotopic (exact) mass is 258 g/mol. The number of halogens is 4. The van der Waals surface area contributed by atoms with E-state index in [2.05, 4.69) is 21.0 Å². The van der Waals surface area contributed by atoms with Crippen LogP contribution in [0.2, 0.25) is 0 Å². The van der Waals surface area contributed by atoms with Crippen LogP contribution in [0.1, 0.15) is 5.69 Å². The van der Waals surface area contributed by atoms with Crippen LogP contribution in [0.5, 0.6) is 0 Å². The lowest BCUT2D eigenvalue weighted by atomic mass is 10.4. The molecule has 1 heterocycles. The number of hydrogen-bond acceptors (Lipinski definition) is 2. The zero-order valence-electron chi connectivity index (χ0n) is 6.35. The number of nitrogens with zero attached hydrogens (tertiary/aromatic N) is 2. The minimum atomic E-state index is -4.46. The highest BCUT2D eigenvalue weighted by Gasteiger charge is 2.36. The van der Waals surface area contributed by atoms with Crippen LogP contribution in [0, 0.1) is 0 Å². The molecule has 1 N–H and O–H groups in total. The fourth-order valence-electron chi connectivity index (χ4n) is 0.806. The van der Waals surface area contributed by atoms with E-state index >= 15 is 0 Å². The average Bonchev–Trinajstić information content (AvgIpc) is 2.30. The van der Waals surface area contributed by atoms with Gasteiger partial charge in [0.2, 0.25) is 0 Å². The van der Waals surface area contributed by atoms with Crippen molar-refractivity contribution in [2.45, 2.75) is 12.7 Å². The molecule has 1 rings (SSSR count). The summed E-state index contributed by atoms with van der Waals surface area (Å²) in [5.41, 5.74) is -0.971. The Morgan fingerprint density at radius 3 is 2.54 bits per heavy atom. The number of aliphatic hydroxyl groups is 1. The first-order valence-corrected chi connectivity index (χ1v) is 4.15. The van der Waals surface area contributed by atoms with E-state index < -0.39 is 11.9 Å². The van der Waals surface area contributed by atoms with Crippen molar-refractivity contribution in [1.29, 1.82) is 0 Å². The zero-order valence-corrected chi connectivity index (χ0v) is 7.93. The van der Waals surface area contributed by atoms with Gasteiger partial charge in [-0.1, -0.05) is 0 Å². The van der Waals surface area contributed by atoms with Crippen molar-refractivity contribution >= 4 is 15.9 Å². The second-order valence-corrected chi connectivity index (χ2v) is 3.16. The van der Waals surface area contributed by atoms with Crippen molar-refractivity contribution in [3.05, 3.63) is 16.4 Å². The minimum absolute atomic E-state index is 0.0503. The van der Waals surface area contributed by atoms with Gasteiger partial charge in [-0.05, 0) is 15.9 Å². The maximum atomic E-state index is 12.1. The second kappa shape index (κ2) is 3.67. The predicted molar refractivity (Wildman–Crippen MR) is 42.0 cm³/mol. The summed E-state index contributed by atoms with van der Waals surface area (Å²) < 4.78 is 37.3. The van der Waals surface area contributed by atoms with Crippen LogP contribution >= 0.6 is 15.9 Å². The molecule has 1 aromatic rings. The van der Waals surface area contributed by atoms with Gasteiger partial charge in [-0.15, -0.1) is 0 Å². The summed E-state index contributed by atoms with van der Waals surface area (Å²) in [6.45, 7) is -0.194. The molecule has 0 atom stereocenters. The number of hydrogen-bond donors (Lipinski definition) is 1. The Bertz CT molecular complexity index is 297. The van der Waals surface area contributed by atoms with Crippen molar-refractivity contribution in [3.8, 4) is 0 Å². The van der Waals surface area contributed by atoms with E-state index in [9.17, 15) is 13.2 Å². The van der Waals surface area contributed by atoms with Gasteiger partial charge in [-0.3, -0.25) is 4.68 Å². The quantitative estimate of drug-likeness (QED) is 0.877. The van der Waals surface area contributed by atoms with Gasteiger partial charge in [0.1, 0.15) is 0 Å². The normalized spacial score (nSPS) is 12.1. The number of rotatable bonds is 2. The molecule has 1 aromatic heterocycles. The SMILES string of the molecule is OCCn1cc(Br)c(C(F)(F)F)n1. The first-order valence-electron chi connectivity index (χ1n) is 3.36. The lowest BCUT2D eigenvalue weighted by Crippen LogP contribution is -2.09. The van der Waals surface area contributed by atoms with Crippen molar-refractivity contribution in [3.63, 3.8) is 0 Å². The third-order valence-electron chi connectivity index (χ3n) is 1.31. The van der Waals surface area contributed by atoms with E-state index in [1.165, 1.54) is 6.20 Å². The summed E-state index contributed by atoms with van der Waals surface area (Å²) in [5.74, 6) is 0. The van der Waals surface area contributed by atoms with Crippen LogP contribution in [0.4, 0.5) is 13.2 Å². The highest BCUT2D eigenvalue weighted by atomic mass is 79.9. The van der Waals surface area contributed by atoms with Gasteiger partial charge in [0.05, 0.1) is 17.6 Å². The molecule has 0 unspecified atom stereocenters. The molecule has 0 aliphatic carbocycles. The zero-order chi connectivity index (χ0) is 10.1. The highest BCUT2D eigenvalue weighted by Crippen LogP contribution is 2.33. The molecule has 0 saturated carbocycles. The molecular weight excluding hydrogens is 253 g/mol. The molecule has 0 saturated heterocycles. The molecule has 13 heavy (non-hydrogen) atoms. The van der Waals surface area contributed by atoms with E-state index in [1.54, 1.807) is 0 Å². The summed E-state index contributed by atoms with van der Waals surface area (Å²) in [7, 11) is 0. The van der Waals surface area contributed by atoms with Crippen LogP contribution in [0.3, 0.4) is 0 Å². The van der Waals surface area contributed by atoms with E-state index in [4.69, 9.17) is 5.11 Å². The molecular formula is C6H6BrF3N2O. The lowest BCUT2D eigenvalue weighted by molar-refractivity contribution is -0.142. The number of aromatic nitrogens is 2. The highest BCUT2D eigenvalue weighted by molar-refractivity contribution is 9.10. The second-order valence-electron chi connectivity index (χ2n) is 2.31. The first-order chi connectivity index (χ1) is 5.95. The van der Waals surface area contributed by atoms with Crippen molar-refractivity contribution in [1.82, 2.24) is 9.78 Å². The van der Waals surface area contributed by atoms with Gasteiger partial charge in [0.15, 0.2) is 5.69 Å². The molecule has 0 aromatic carbocycles. The summed E-state index contributed by atoms with van der Waals surface area (Å²) in [5, 5.41) is 11.7. The Kier molecular flexibility index (Phi) is 2.97. The van der Waals surface area contributed by atoms with Crippen LogP contribution in [0.15, 0.2) is 10.7 Å². The minimum Gasteiger partial charge on any atom is -0.394 e. The van der Waals surface area contributed by atoms with Gasteiger partial charge >= 0.3 is 6.18 Å². The van der Waals surface area contributed by atoms with Gasteiger partial charge in [-0.2, -0.15) is 18.3 Å². The van der Waals surface area contributed by atoms with E-state index in [0.717, 1.165) is 4.68 Å². The maximum absolute atomic E-state index is 12.1. The molecule has 0 bridgehead atoms. The van der Waals surface area contributed by atoms with E-state index in [0.29, 0.717) is 0 Å². The Labute approximate surface area is 80.3 Å². The van der Waals surface area contributed by atoms with Crippen LogP contribution in [-0.4, -0.2) is 21.5 Å². The van der Waals surface area contributed by atoms with Gasteiger partial charge < -0.3 is 5.11 Å². The Balaban J connectivity index is 2.96. The molecule has 0 spiro atoms. The summed E-state index contributed by atoms with van der Waals surface area (Å²) in [4.78, 5) is 0. The Morgan fingerprint density at radius 2 is 2.15 bits per heavy atom. The fourth-order valence-corrected chi connectivity index (χ4v) is 1.35. The molecule has 0 radical (unpaired) electrons. The largest absolute Gasteiger partial charge is 0.436 e. The molecule has 0 aliphatic rings. The smallest absolute Gasteiger partial charge is 0.394 e. The Hall–Kier alpha value is -0.560. The molecule has 0 aliphatic heterocycles. The van der Waals surface area contributed by atoms with Crippen molar-refractivity contribution in [2.24, 2.45) is 0 Å². The number of alkyl halides is 3. The average molecular weight is 259 g/mol. The van der Waals surface area contributed by atoms with Gasteiger partial charge in [-0.25, -0.2) is 0 Å². The fraction of sp³-hybridized carbons (Fsp3) is 0.500. The summed E-state index contributed by atoms with van der Waals surface area (Å²) >= 11 is 2.74. The summed E-state index contributed by atoms with van der Waals surface area (Å²) in [6, 6.07) is 0. The lowest BCUT2D eigenvalue weighted by Gasteiger charge is -2.01. The van der Waals surface area contributed by atoms with E-state index in [1.807, 2.05) is 0 Å². The third-order valence-corrected chi connectivity index (χ3v) is 1.89. The van der Waals surface area contributed by atoms with Crippen LogP contribution < -0.4 is 0 Å².